The normalized spacial score (nSPS) is 10.1. The van der Waals surface area contributed by atoms with Crippen molar-refractivity contribution >= 4 is 23.4 Å². The Hall–Kier alpha value is -2.54. The van der Waals surface area contributed by atoms with E-state index in [0.29, 0.717) is 12.3 Å². The molecule has 0 saturated heterocycles. The van der Waals surface area contributed by atoms with Crippen LogP contribution in [0, 0.1) is 10.1 Å². The van der Waals surface area contributed by atoms with E-state index in [1.165, 1.54) is 18.2 Å². The van der Waals surface area contributed by atoms with Crippen molar-refractivity contribution in [2.24, 2.45) is 0 Å². The Morgan fingerprint density at radius 1 is 1.17 bits per heavy atom. The standard InChI is InChI=1S/C16H16N2O4S/c19-16(17-9-10-23-15-7-2-1-3-8-15)12-22-14-6-4-5-13(11-14)18(20)21/h1-8,11H,9-10,12H2,(H,17,19). The van der Waals surface area contributed by atoms with Crippen molar-refractivity contribution in [2.45, 2.75) is 4.90 Å². The SMILES string of the molecule is O=C(COc1cccc([N+](=O)[O-])c1)NCCSc1ccccc1. The number of ether oxygens (including phenoxy) is 1. The van der Waals surface area contributed by atoms with Gasteiger partial charge < -0.3 is 10.1 Å². The average Bonchev–Trinajstić information content (AvgIpc) is 2.58. The van der Waals surface area contributed by atoms with Crippen LogP contribution >= 0.6 is 11.8 Å². The molecule has 23 heavy (non-hydrogen) atoms. The Kier molecular flexibility index (Phi) is 6.43. The number of benzene rings is 2. The number of nitrogens with zero attached hydrogens (tertiary/aromatic N) is 1. The largest absolute Gasteiger partial charge is 0.484 e. The van der Waals surface area contributed by atoms with Crippen LogP contribution in [0.4, 0.5) is 5.69 Å². The Labute approximate surface area is 138 Å². The Bertz CT molecular complexity index is 664. The topological polar surface area (TPSA) is 81.5 Å². The molecule has 0 aliphatic heterocycles. The first-order valence-electron chi connectivity index (χ1n) is 6.97. The molecule has 2 rings (SSSR count). The molecule has 0 unspecified atom stereocenters. The summed E-state index contributed by atoms with van der Waals surface area (Å²) in [6.45, 7) is 0.355. The van der Waals surface area contributed by atoms with Crippen molar-refractivity contribution in [2.75, 3.05) is 18.9 Å². The fourth-order valence-electron chi connectivity index (χ4n) is 1.76. The van der Waals surface area contributed by atoms with Gasteiger partial charge in [0.15, 0.2) is 6.61 Å². The van der Waals surface area contributed by atoms with E-state index in [4.69, 9.17) is 4.74 Å². The summed E-state index contributed by atoms with van der Waals surface area (Å²) in [5, 5.41) is 13.4. The summed E-state index contributed by atoms with van der Waals surface area (Å²) in [6, 6.07) is 15.7. The van der Waals surface area contributed by atoms with E-state index in [1.54, 1.807) is 17.8 Å². The number of nitrogens with one attached hydrogen (secondary N) is 1. The van der Waals surface area contributed by atoms with Gasteiger partial charge >= 0.3 is 0 Å². The van der Waals surface area contributed by atoms with E-state index < -0.39 is 4.92 Å². The van der Waals surface area contributed by atoms with Gasteiger partial charge in [0.1, 0.15) is 5.75 Å². The number of nitro groups is 1. The van der Waals surface area contributed by atoms with Crippen LogP contribution in [0.25, 0.3) is 0 Å². The van der Waals surface area contributed by atoms with Crippen LogP contribution in [0.2, 0.25) is 0 Å². The molecule has 7 heteroatoms. The minimum atomic E-state index is -0.506. The lowest BCUT2D eigenvalue weighted by atomic mass is 10.3. The minimum absolute atomic E-state index is 0.0674. The number of non-ortho nitro benzene ring substituents is 1. The number of hydrogen-bond donors (Lipinski definition) is 1. The molecule has 0 spiro atoms. The summed E-state index contributed by atoms with van der Waals surface area (Å²) in [4.78, 5) is 23.0. The Morgan fingerprint density at radius 2 is 1.96 bits per heavy atom. The predicted molar refractivity (Wildman–Crippen MR) is 88.8 cm³/mol. The maximum Gasteiger partial charge on any atom is 0.273 e. The van der Waals surface area contributed by atoms with Gasteiger partial charge in [-0.15, -0.1) is 11.8 Å². The molecule has 0 fully saturated rings. The lowest BCUT2D eigenvalue weighted by molar-refractivity contribution is -0.384. The van der Waals surface area contributed by atoms with Gasteiger partial charge in [-0.25, -0.2) is 0 Å². The number of thioether (sulfide) groups is 1. The predicted octanol–water partition coefficient (Wildman–Crippen LogP) is 2.88. The van der Waals surface area contributed by atoms with Crippen molar-refractivity contribution in [1.29, 1.82) is 0 Å². The molecule has 2 aromatic rings. The third-order valence-electron chi connectivity index (χ3n) is 2.83. The number of carbonyl (C=O) groups excluding carboxylic acids is 1. The van der Waals surface area contributed by atoms with Gasteiger partial charge in [-0.05, 0) is 18.2 Å². The molecule has 0 bridgehead atoms. The first-order valence-corrected chi connectivity index (χ1v) is 7.95. The van der Waals surface area contributed by atoms with Crippen LogP contribution in [0.3, 0.4) is 0 Å². The summed E-state index contributed by atoms with van der Waals surface area (Å²) in [7, 11) is 0. The highest BCUT2D eigenvalue weighted by molar-refractivity contribution is 7.99. The molecular weight excluding hydrogens is 316 g/mol. The maximum atomic E-state index is 11.7. The van der Waals surface area contributed by atoms with E-state index in [2.05, 4.69) is 5.32 Å². The number of nitro benzene ring substituents is 1. The summed E-state index contributed by atoms with van der Waals surface area (Å²) in [5.41, 5.74) is -0.0674. The van der Waals surface area contributed by atoms with Crippen molar-refractivity contribution in [1.82, 2.24) is 5.32 Å². The summed E-state index contributed by atoms with van der Waals surface area (Å²) in [6.07, 6.45) is 0. The smallest absolute Gasteiger partial charge is 0.273 e. The monoisotopic (exact) mass is 332 g/mol. The molecule has 120 valence electrons. The van der Waals surface area contributed by atoms with E-state index in [1.807, 2.05) is 30.3 Å². The molecular formula is C16H16N2O4S. The zero-order chi connectivity index (χ0) is 16.5. The average molecular weight is 332 g/mol. The molecule has 0 aliphatic carbocycles. The van der Waals surface area contributed by atoms with E-state index in [0.717, 1.165) is 10.6 Å². The van der Waals surface area contributed by atoms with Gasteiger partial charge in [0.25, 0.3) is 11.6 Å². The molecule has 2 aromatic carbocycles. The fraction of sp³-hybridized carbons (Fsp3) is 0.188. The van der Waals surface area contributed by atoms with Crippen LogP contribution in [0.15, 0.2) is 59.5 Å². The van der Waals surface area contributed by atoms with Crippen LogP contribution < -0.4 is 10.1 Å². The molecule has 0 aliphatic rings. The highest BCUT2D eigenvalue weighted by Crippen LogP contribution is 2.19. The number of carbonyl (C=O) groups is 1. The van der Waals surface area contributed by atoms with Crippen LogP contribution in [0.1, 0.15) is 0 Å². The number of amides is 1. The van der Waals surface area contributed by atoms with Crippen molar-refractivity contribution in [3.05, 3.63) is 64.7 Å². The lowest BCUT2D eigenvalue weighted by Crippen LogP contribution is -2.30. The molecule has 1 amide bonds. The number of rotatable bonds is 8. The Balaban J connectivity index is 1.67. The van der Waals surface area contributed by atoms with E-state index in [-0.39, 0.29) is 18.2 Å². The van der Waals surface area contributed by atoms with E-state index in [9.17, 15) is 14.9 Å². The molecule has 0 aromatic heterocycles. The summed E-state index contributed by atoms with van der Waals surface area (Å²) < 4.78 is 5.25. The first-order chi connectivity index (χ1) is 11.1. The van der Waals surface area contributed by atoms with Gasteiger partial charge in [-0.1, -0.05) is 24.3 Å². The van der Waals surface area contributed by atoms with Gasteiger partial charge in [0, 0.05) is 23.3 Å². The van der Waals surface area contributed by atoms with E-state index >= 15 is 0 Å². The molecule has 6 nitrogen and oxygen atoms in total. The lowest BCUT2D eigenvalue weighted by Gasteiger charge is -2.07. The third-order valence-corrected chi connectivity index (χ3v) is 3.85. The zero-order valence-corrected chi connectivity index (χ0v) is 13.1. The highest BCUT2D eigenvalue weighted by atomic mass is 32.2. The van der Waals surface area contributed by atoms with Crippen molar-refractivity contribution < 1.29 is 14.5 Å². The van der Waals surface area contributed by atoms with Crippen LogP contribution in [0.5, 0.6) is 5.75 Å². The second-order valence-electron chi connectivity index (χ2n) is 4.55. The Morgan fingerprint density at radius 3 is 2.70 bits per heavy atom. The van der Waals surface area contributed by atoms with Gasteiger partial charge in [-0.3, -0.25) is 14.9 Å². The molecule has 0 atom stereocenters. The van der Waals surface area contributed by atoms with Crippen molar-refractivity contribution in [3.63, 3.8) is 0 Å². The van der Waals surface area contributed by atoms with Crippen LogP contribution in [-0.2, 0) is 4.79 Å². The number of hydrogen-bond acceptors (Lipinski definition) is 5. The van der Waals surface area contributed by atoms with Gasteiger partial charge in [0.2, 0.25) is 0 Å². The molecule has 0 heterocycles. The van der Waals surface area contributed by atoms with Crippen molar-refractivity contribution in [3.8, 4) is 5.75 Å². The second-order valence-corrected chi connectivity index (χ2v) is 5.72. The first kappa shape index (κ1) is 16.8. The summed E-state index contributed by atoms with van der Waals surface area (Å²) in [5.74, 6) is 0.796. The maximum absolute atomic E-state index is 11.7. The minimum Gasteiger partial charge on any atom is -0.484 e. The third kappa shape index (κ3) is 5.99. The second kappa shape index (κ2) is 8.79. The van der Waals surface area contributed by atoms with Crippen LogP contribution in [-0.4, -0.2) is 29.7 Å². The molecule has 1 N–H and O–H groups in total. The quantitative estimate of drug-likeness (QED) is 0.348. The van der Waals surface area contributed by atoms with Gasteiger partial charge in [0.05, 0.1) is 11.0 Å². The fourth-order valence-corrected chi connectivity index (χ4v) is 2.55. The zero-order valence-electron chi connectivity index (χ0n) is 12.3. The molecule has 0 radical (unpaired) electrons. The molecule has 0 saturated carbocycles. The summed E-state index contributed by atoms with van der Waals surface area (Å²) >= 11 is 1.65. The highest BCUT2D eigenvalue weighted by Gasteiger charge is 2.08. The van der Waals surface area contributed by atoms with Gasteiger partial charge in [-0.2, -0.15) is 0 Å².